The Labute approximate surface area is 123 Å². The smallest absolute Gasteiger partial charge is 0.175 e. The van der Waals surface area contributed by atoms with Crippen LogP contribution in [0.25, 0.3) is 0 Å². The van der Waals surface area contributed by atoms with Gasteiger partial charge in [-0.3, -0.25) is 0 Å². The number of rotatable bonds is 6. The lowest BCUT2D eigenvalue weighted by Crippen LogP contribution is -2.15. The van der Waals surface area contributed by atoms with E-state index in [9.17, 15) is 0 Å². The van der Waals surface area contributed by atoms with Crippen LogP contribution in [0.15, 0.2) is 16.6 Å². The summed E-state index contributed by atoms with van der Waals surface area (Å²) in [6.07, 6.45) is 2.60. The minimum Gasteiger partial charge on any atom is -0.493 e. The predicted molar refractivity (Wildman–Crippen MR) is 79.0 cm³/mol. The van der Waals surface area contributed by atoms with Gasteiger partial charge in [-0.25, -0.2) is 0 Å². The standard InChI is InChI=1S/C13H18BrNO2.ClH/c1-3-17-13-11(14)6-9(7-12(13)16-2)8-15-10-4-5-10;/h6-7,10,15H,3-5,8H2,1-2H3;1H. The second kappa shape index (κ2) is 7.22. The molecule has 0 heterocycles. The van der Waals surface area contributed by atoms with Gasteiger partial charge in [0, 0.05) is 12.6 Å². The first-order valence-corrected chi connectivity index (χ1v) is 6.76. The molecule has 0 aliphatic heterocycles. The highest BCUT2D eigenvalue weighted by Crippen LogP contribution is 2.36. The van der Waals surface area contributed by atoms with Crippen LogP contribution in [0.1, 0.15) is 25.3 Å². The van der Waals surface area contributed by atoms with Crippen molar-refractivity contribution in [1.29, 1.82) is 0 Å². The maximum Gasteiger partial charge on any atom is 0.175 e. The number of hydrogen-bond acceptors (Lipinski definition) is 3. The minimum absolute atomic E-state index is 0. The number of methoxy groups -OCH3 is 1. The highest BCUT2D eigenvalue weighted by Gasteiger charge is 2.20. The maximum absolute atomic E-state index is 5.56. The lowest BCUT2D eigenvalue weighted by Gasteiger charge is -2.13. The lowest BCUT2D eigenvalue weighted by atomic mass is 10.2. The van der Waals surface area contributed by atoms with Crippen molar-refractivity contribution in [2.75, 3.05) is 13.7 Å². The summed E-state index contributed by atoms with van der Waals surface area (Å²) in [5.41, 5.74) is 1.21. The van der Waals surface area contributed by atoms with Crippen molar-refractivity contribution in [1.82, 2.24) is 5.32 Å². The van der Waals surface area contributed by atoms with Crippen LogP contribution in [0.5, 0.6) is 11.5 Å². The molecule has 1 N–H and O–H groups in total. The van der Waals surface area contributed by atoms with E-state index in [1.165, 1.54) is 18.4 Å². The average Bonchev–Trinajstić information content (AvgIpc) is 3.13. The molecule has 0 saturated heterocycles. The largest absolute Gasteiger partial charge is 0.493 e. The molecule has 3 nitrogen and oxygen atoms in total. The Hall–Kier alpha value is -0.450. The third-order valence-corrected chi connectivity index (χ3v) is 3.34. The average molecular weight is 337 g/mol. The number of hydrogen-bond donors (Lipinski definition) is 1. The van der Waals surface area contributed by atoms with E-state index in [0.29, 0.717) is 12.6 Å². The molecule has 18 heavy (non-hydrogen) atoms. The third kappa shape index (κ3) is 4.04. The van der Waals surface area contributed by atoms with Crippen molar-refractivity contribution in [3.8, 4) is 11.5 Å². The summed E-state index contributed by atoms with van der Waals surface area (Å²) in [5, 5.41) is 3.49. The zero-order valence-electron chi connectivity index (χ0n) is 10.7. The summed E-state index contributed by atoms with van der Waals surface area (Å²) in [4.78, 5) is 0. The molecule has 0 atom stereocenters. The molecule has 1 saturated carbocycles. The van der Waals surface area contributed by atoms with E-state index in [1.807, 2.05) is 13.0 Å². The van der Waals surface area contributed by atoms with Crippen molar-refractivity contribution in [2.24, 2.45) is 0 Å². The fourth-order valence-electron chi connectivity index (χ4n) is 1.71. The second-order valence-corrected chi connectivity index (χ2v) is 5.05. The molecule has 1 aliphatic carbocycles. The SMILES string of the molecule is CCOc1c(Br)cc(CNC2CC2)cc1OC.Cl. The van der Waals surface area contributed by atoms with Crippen LogP contribution >= 0.6 is 28.3 Å². The van der Waals surface area contributed by atoms with E-state index in [1.54, 1.807) is 7.11 Å². The fraction of sp³-hybridized carbons (Fsp3) is 0.538. The van der Waals surface area contributed by atoms with Gasteiger partial charge in [0.2, 0.25) is 0 Å². The molecule has 1 aliphatic rings. The molecule has 0 bridgehead atoms. The molecular formula is C13H19BrClNO2. The highest BCUT2D eigenvalue weighted by atomic mass is 79.9. The fourth-order valence-corrected chi connectivity index (χ4v) is 2.31. The lowest BCUT2D eigenvalue weighted by molar-refractivity contribution is 0.308. The zero-order valence-corrected chi connectivity index (χ0v) is 13.1. The van der Waals surface area contributed by atoms with Crippen LogP contribution in [-0.4, -0.2) is 19.8 Å². The maximum atomic E-state index is 5.56. The van der Waals surface area contributed by atoms with Crippen molar-refractivity contribution in [3.63, 3.8) is 0 Å². The van der Waals surface area contributed by atoms with E-state index in [4.69, 9.17) is 9.47 Å². The van der Waals surface area contributed by atoms with Gasteiger partial charge in [-0.05, 0) is 53.4 Å². The van der Waals surface area contributed by atoms with Gasteiger partial charge in [0.1, 0.15) is 0 Å². The van der Waals surface area contributed by atoms with Gasteiger partial charge in [-0.15, -0.1) is 12.4 Å². The quantitative estimate of drug-likeness (QED) is 0.862. The van der Waals surface area contributed by atoms with E-state index >= 15 is 0 Å². The number of benzene rings is 1. The van der Waals surface area contributed by atoms with Crippen LogP contribution in [0, 0.1) is 0 Å². The van der Waals surface area contributed by atoms with Crippen LogP contribution < -0.4 is 14.8 Å². The summed E-state index contributed by atoms with van der Waals surface area (Å²) in [6, 6.07) is 4.83. The van der Waals surface area contributed by atoms with Crippen molar-refractivity contribution in [2.45, 2.75) is 32.4 Å². The molecule has 0 amide bonds. The summed E-state index contributed by atoms with van der Waals surface area (Å²) >= 11 is 3.53. The summed E-state index contributed by atoms with van der Waals surface area (Å²) in [7, 11) is 1.67. The molecule has 1 fully saturated rings. The number of ether oxygens (including phenoxy) is 2. The highest BCUT2D eigenvalue weighted by molar-refractivity contribution is 9.10. The number of nitrogens with one attached hydrogen (secondary N) is 1. The van der Waals surface area contributed by atoms with Gasteiger partial charge >= 0.3 is 0 Å². The Bertz CT molecular complexity index is 397. The Morgan fingerprint density at radius 2 is 2.11 bits per heavy atom. The molecule has 102 valence electrons. The molecule has 0 radical (unpaired) electrons. The molecule has 1 aromatic carbocycles. The molecule has 5 heteroatoms. The Kier molecular flexibility index (Phi) is 6.26. The third-order valence-electron chi connectivity index (χ3n) is 2.75. The van der Waals surface area contributed by atoms with Gasteiger partial charge in [0.25, 0.3) is 0 Å². The van der Waals surface area contributed by atoms with E-state index in [-0.39, 0.29) is 12.4 Å². The van der Waals surface area contributed by atoms with Gasteiger partial charge in [-0.1, -0.05) is 0 Å². The molecule has 0 unspecified atom stereocenters. The number of halogens is 2. The Morgan fingerprint density at radius 3 is 2.67 bits per heavy atom. The first-order valence-electron chi connectivity index (χ1n) is 5.97. The van der Waals surface area contributed by atoms with Crippen LogP contribution in [-0.2, 0) is 6.54 Å². The topological polar surface area (TPSA) is 30.5 Å². The summed E-state index contributed by atoms with van der Waals surface area (Å²) < 4.78 is 11.9. The molecule has 2 rings (SSSR count). The van der Waals surface area contributed by atoms with Crippen LogP contribution in [0.2, 0.25) is 0 Å². The molecule has 0 aromatic heterocycles. The van der Waals surface area contributed by atoms with Crippen LogP contribution in [0.3, 0.4) is 0 Å². The van der Waals surface area contributed by atoms with Crippen molar-refractivity contribution < 1.29 is 9.47 Å². The van der Waals surface area contributed by atoms with Gasteiger partial charge in [0.15, 0.2) is 11.5 Å². The summed E-state index contributed by atoms with van der Waals surface area (Å²) in [6.45, 7) is 3.48. The first kappa shape index (κ1) is 15.6. The van der Waals surface area contributed by atoms with Gasteiger partial charge in [-0.2, -0.15) is 0 Å². The first-order chi connectivity index (χ1) is 8.24. The van der Waals surface area contributed by atoms with Gasteiger partial charge in [0.05, 0.1) is 18.2 Å². The monoisotopic (exact) mass is 335 g/mol. The molecular weight excluding hydrogens is 318 g/mol. The molecule has 0 spiro atoms. The van der Waals surface area contributed by atoms with E-state index in [0.717, 1.165) is 22.5 Å². The van der Waals surface area contributed by atoms with Crippen molar-refractivity contribution >= 4 is 28.3 Å². The van der Waals surface area contributed by atoms with Crippen LogP contribution in [0.4, 0.5) is 0 Å². The van der Waals surface area contributed by atoms with Crippen molar-refractivity contribution in [3.05, 3.63) is 22.2 Å². The Balaban J connectivity index is 0.00000162. The minimum atomic E-state index is 0. The normalized spacial score (nSPS) is 13.9. The molecule has 1 aromatic rings. The van der Waals surface area contributed by atoms with E-state index in [2.05, 4.69) is 27.3 Å². The van der Waals surface area contributed by atoms with Gasteiger partial charge < -0.3 is 14.8 Å². The zero-order chi connectivity index (χ0) is 12.3. The Morgan fingerprint density at radius 1 is 1.39 bits per heavy atom. The predicted octanol–water partition coefficient (Wildman–Crippen LogP) is 3.53. The second-order valence-electron chi connectivity index (χ2n) is 4.20. The van der Waals surface area contributed by atoms with E-state index < -0.39 is 0 Å². The summed E-state index contributed by atoms with van der Waals surface area (Å²) in [5.74, 6) is 1.57.